The van der Waals surface area contributed by atoms with E-state index in [0.29, 0.717) is 29.1 Å². The molecule has 8 nitrogen and oxygen atoms in total. The van der Waals surface area contributed by atoms with Crippen LogP contribution in [0.25, 0.3) is 22.0 Å². The number of rotatable bonds is 4. The van der Waals surface area contributed by atoms with Crippen LogP contribution in [0.2, 0.25) is 0 Å². The van der Waals surface area contributed by atoms with Crippen molar-refractivity contribution in [1.82, 2.24) is 19.9 Å². The van der Waals surface area contributed by atoms with E-state index in [-0.39, 0.29) is 23.7 Å². The second-order valence-corrected chi connectivity index (χ2v) is 7.54. The molecule has 2 amide bonds. The van der Waals surface area contributed by atoms with Crippen molar-refractivity contribution in [3.05, 3.63) is 42.4 Å². The number of nitrogens with zero attached hydrogens (tertiary/aromatic N) is 4. The molecule has 0 aliphatic heterocycles. The lowest BCUT2D eigenvalue weighted by Crippen LogP contribution is -2.26. The molecule has 1 aliphatic carbocycles. The fraction of sp³-hybridized carbons (Fsp3) is 0.286. The van der Waals surface area contributed by atoms with E-state index in [1.807, 2.05) is 19.1 Å². The Labute approximate surface area is 168 Å². The molecule has 8 heteroatoms. The maximum atomic E-state index is 12.5. The van der Waals surface area contributed by atoms with E-state index in [4.69, 9.17) is 5.73 Å². The first-order chi connectivity index (χ1) is 13.8. The van der Waals surface area contributed by atoms with Crippen LogP contribution in [-0.4, -0.2) is 45.8 Å². The Morgan fingerprint density at radius 1 is 1.21 bits per heavy atom. The summed E-state index contributed by atoms with van der Waals surface area (Å²) in [4.78, 5) is 38.9. The summed E-state index contributed by atoms with van der Waals surface area (Å²) < 4.78 is 0. The molecule has 0 bridgehead atoms. The molecule has 29 heavy (non-hydrogen) atoms. The lowest BCUT2D eigenvalue weighted by atomic mass is 10.1. The van der Waals surface area contributed by atoms with E-state index in [0.717, 1.165) is 16.5 Å². The van der Waals surface area contributed by atoms with Gasteiger partial charge in [0.2, 0.25) is 11.8 Å². The van der Waals surface area contributed by atoms with Gasteiger partial charge in [0.1, 0.15) is 11.6 Å². The average molecular weight is 390 g/mol. The number of nitrogens with two attached hydrogens (primary N) is 1. The molecule has 1 aliphatic rings. The summed E-state index contributed by atoms with van der Waals surface area (Å²) >= 11 is 0. The van der Waals surface area contributed by atoms with E-state index < -0.39 is 0 Å². The first kappa shape index (κ1) is 18.8. The highest BCUT2D eigenvalue weighted by molar-refractivity contribution is 6.01. The molecule has 3 aromatic heterocycles. The van der Waals surface area contributed by atoms with E-state index in [2.05, 4.69) is 20.3 Å². The SMILES string of the molecule is Cc1ccncc1-c1cc2cc(NC(=O)[C@@H]3C[C@H]3C(=O)N(C)C)ncc2c(N)n1. The van der Waals surface area contributed by atoms with Gasteiger partial charge in [0.25, 0.3) is 0 Å². The van der Waals surface area contributed by atoms with Crippen LogP contribution in [0.1, 0.15) is 12.0 Å². The lowest BCUT2D eigenvalue weighted by Gasteiger charge is -2.11. The zero-order valence-electron chi connectivity index (χ0n) is 16.5. The molecule has 0 unspecified atom stereocenters. The summed E-state index contributed by atoms with van der Waals surface area (Å²) in [6.07, 6.45) is 5.65. The third-order valence-corrected chi connectivity index (χ3v) is 5.20. The lowest BCUT2D eigenvalue weighted by molar-refractivity contribution is -0.131. The molecule has 0 aromatic carbocycles. The Morgan fingerprint density at radius 2 is 2.00 bits per heavy atom. The van der Waals surface area contributed by atoms with E-state index in [9.17, 15) is 9.59 Å². The smallest absolute Gasteiger partial charge is 0.229 e. The molecule has 0 saturated heterocycles. The number of hydrogen-bond donors (Lipinski definition) is 2. The predicted molar refractivity (Wildman–Crippen MR) is 111 cm³/mol. The summed E-state index contributed by atoms with van der Waals surface area (Å²) in [6.45, 7) is 1.98. The maximum absolute atomic E-state index is 12.5. The number of anilines is 2. The number of nitrogens with one attached hydrogen (secondary N) is 1. The zero-order chi connectivity index (χ0) is 20.7. The van der Waals surface area contributed by atoms with Crippen molar-refractivity contribution >= 4 is 34.2 Å². The molecule has 3 aromatic rings. The Morgan fingerprint density at radius 3 is 2.72 bits per heavy atom. The van der Waals surface area contributed by atoms with Crippen molar-refractivity contribution in [3.8, 4) is 11.3 Å². The largest absolute Gasteiger partial charge is 0.383 e. The number of fused-ring (bicyclic) bond motifs is 1. The third-order valence-electron chi connectivity index (χ3n) is 5.20. The number of aryl methyl sites for hydroxylation is 1. The number of aromatic nitrogens is 3. The normalized spacial score (nSPS) is 17.8. The van der Waals surface area contributed by atoms with Gasteiger partial charge in [-0.15, -0.1) is 0 Å². The highest BCUT2D eigenvalue weighted by Gasteiger charge is 2.48. The number of hydrogen-bond acceptors (Lipinski definition) is 6. The minimum atomic E-state index is -0.307. The van der Waals surface area contributed by atoms with Gasteiger partial charge in [-0.3, -0.25) is 14.6 Å². The third kappa shape index (κ3) is 3.61. The second-order valence-electron chi connectivity index (χ2n) is 7.54. The van der Waals surface area contributed by atoms with Gasteiger partial charge >= 0.3 is 0 Å². The van der Waals surface area contributed by atoms with Crippen LogP contribution in [0, 0.1) is 18.8 Å². The van der Waals surface area contributed by atoms with Crippen LogP contribution < -0.4 is 11.1 Å². The van der Waals surface area contributed by atoms with Gasteiger partial charge in [0.05, 0.1) is 17.5 Å². The van der Waals surface area contributed by atoms with Crippen molar-refractivity contribution in [2.24, 2.45) is 11.8 Å². The van der Waals surface area contributed by atoms with Crippen LogP contribution in [0.5, 0.6) is 0 Å². The molecule has 1 fully saturated rings. The highest BCUT2D eigenvalue weighted by Crippen LogP contribution is 2.40. The monoisotopic (exact) mass is 390 g/mol. The van der Waals surface area contributed by atoms with E-state index >= 15 is 0 Å². The van der Waals surface area contributed by atoms with Crippen molar-refractivity contribution < 1.29 is 9.59 Å². The summed E-state index contributed by atoms with van der Waals surface area (Å²) in [5, 5.41) is 4.34. The second kappa shape index (κ2) is 7.12. The number of carbonyl (C=O) groups is 2. The number of pyridine rings is 3. The quantitative estimate of drug-likeness (QED) is 0.706. The molecule has 1 saturated carbocycles. The standard InChI is InChI=1S/C21H22N6O2/c1-11-4-5-23-9-15(11)17-6-12-7-18(24-10-16(12)19(22)25-17)26-20(28)13-8-14(13)21(29)27(2)3/h4-7,9-10,13-14H,8H2,1-3H3,(H2,22,25)(H,24,26,28)/t13-,14-/m1/s1. The van der Waals surface area contributed by atoms with E-state index in [1.165, 1.54) is 4.90 Å². The fourth-order valence-electron chi connectivity index (χ4n) is 3.42. The molecule has 148 valence electrons. The maximum Gasteiger partial charge on any atom is 0.229 e. The van der Waals surface area contributed by atoms with E-state index in [1.54, 1.807) is 38.8 Å². The molecular formula is C21H22N6O2. The van der Waals surface area contributed by atoms with Crippen molar-refractivity contribution in [1.29, 1.82) is 0 Å². The molecule has 0 spiro atoms. The summed E-state index contributed by atoms with van der Waals surface area (Å²) in [5.74, 6) is 0.0215. The molecule has 0 radical (unpaired) electrons. The Bertz CT molecular complexity index is 1130. The van der Waals surface area contributed by atoms with Gasteiger partial charge in [-0.05, 0) is 42.5 Å². The van der Waals surface area contributed by atoms with Crippen LogP contribution >= 0.6 is 0 Å². The zero-order valence-corrected chi connectivity index (χ0v) is 16.5. The van der Waals surface area contributed by atoms with Gasteiger partial charge in [0, 0.05) is 43.6 Å². The minimum absolute atomic E-state index is 0.0213. The van der Waals surface area contributed by atoms with Gasteiger partial charge in [0.15, 0.2) is 0 Å². The summed E-state index contributed by atoms with van der Waals surface area (Å²) in [5.41, 5.74) is 8.78. The molecule has 2 atom stereocenters. The first-order valence-corrected chi connectivity index (χ1v) is 9.34. The number of nitrogen functional groups attached to an aromatic ring is 1. The van der Waals surface area contributed by atoms with Gasteiger partial charge in [-0.2, -0.15) is 0 Å². The number of carbonyl (C=O) groups excluding carboxylic acids is 2. The number of amides is 2. The minimum Gasteiger partial charge on any atom is -0.383 e. The first-order valence-electron chi connectivity index (χ1n) is 9.34. The highest BCUT2D eigenvalue weighted by atomic mass is 16.2. The Hall–Kier alpha value is -3.55. The molecule has 3 N–H and O–H groups in total. The topological polar surface area (TPSA) is 114 Å². The summed E-state index contributed by atoms with van der Waals surface area (Å²) in [7, 11) is 3.39. The van der Waals surface area contributed by atoms with Gasteiger partial charge < -0.3 is 16.0 Å². The van der Waals surface area contributed by atoms with Gasteiger partial charge in [-0.1, -0.05) is 0 Å². The molecule has 4 rings (SSSR count). The summed E-state index contributed by atoms with van der Waals surface area (Å²) in [6, 6.07) is 5.59. The van der Waals surface area contributed by atoms with Crippen LogP contribution in [0.3, 0.4) is 0 Å². The molecule has 3 heterocycles. The average Bonchev–Trinajstić information content (AvgIpc) is 3.48. The van der Waals surface area contributed by atoms with Crippen LogP contribution in [0.4, 0.5) is 11.6 Å². The fourth-order valence-corrected chi connectivity index (χ4v) is 3.42. The van der Waals surface area contributed by atoms with Crippen molar-refractivity contribution in [3.63, 3.8) is 0 Å². The Balaban J connectivity index is 1.60. The van der Waals surface area contributed by atoms with Crippen molar-refractivity contribution in [2.75, 3.05) is 25.1 Å². The van der Waals surface area contributed by atoms with Gasteiger partial charge in [-0.25, -0.2) is 9.97 Å². The van der Waals surface area contributed by atoms with Crippen LogP contribution in [0.15, 0.2) is 36.8 Å². The van der Waals surface area contributed by atoms with Crippen molar-refractivity contribution in [2.45, 2.75) is 13.3 Å². The molecular weight excluding hydrogens is 368 g/mol. The predicted octanol–water partition coefficient (Wildman–Crippen LogP) is 2.25. The Kier molecular flexibility index (Phi) is 4.62. The van der Waals surface area contributed by atoms with Crippen LogP contribution in [-0.2, 0) is 9.59 Å².